The molecule has 1 aromatic carbocycles. The third-order valence-corrected chi connectivity index (χ3v) is 3.81. The molecule has 1 N–H and O–H groups in total. The zero-order chi connectivity index (χ0) is 18.2. The second-order valence-corrected chi connectivity index (χ2v) is 5.72. The summed E-state index contributed by atoms with van der Waals surface area (Å²) < 4.78 is 16.6. The van der Waals surface area contributed by atoms with Crippen LogP contribution in [0.4, 0.5) is 0 Å². The lowest BCUT2D eigenvalue weighted by Crippen LogP contribution is -2.17. The van der Waals surface area contributed by atoms with E-state index in [9.17, 15) is 4.79 Å². The van der Waals surface area contributed by atoms with Crippen molar-refractivity contribution in [3.63, 3.8) is 0 Å². The minimum atomic E-state index is -0.506. The van der Waals surface area contributed by atoms with Gasteiger partial charge in [-0.2, -0.15) is 0 Å². The van der Waals surface area contributed by atoms with Gasteiger partial charge in [0.2, 0.25) is 0 Å². The van der Waals surface area contributed by atoms with Crippen LogP contribution in [0, 0.1) is 0 Å². The van der Waals surface area contributed by atoms with Gasteiger partial charge in [0.1, 0.15) is 5.58 Å². The lowest BCUT2D eigenvalue weighted by atomic mass is 10.2. The van der Waals surface area contributed by atoms with Gasteiger partial charge in [-0.05, 0) is 43.7 Å². The number of para-hydroxylation sites is 1. The summed E-state index contributed by atoms with van der Waals surface area (Å²) in [4.78, 5) is 16.2. The van der Waals surface area contributed by atoms with E-state index in [1.165, 1.54) is 0 Å². The number of fused-ring (bicyclic) bond motifs is 1. The van der Waals surface area contributed by atoms with Crippen LogP contribution in [0.3, 0.4) is 0 Å². The van der Waals surface area contributed by atoms with Gasteiger partial charge in [0.25, 0.3) is 5.76 Å². The van der Waals surface area contributed by atoms with E-state index in [2.05, 4.69) is 10.3 Å². The van der Waals surface area contributed by atoms with E-state index >= 15 is 0 Å². The number of pyridine rings is 1. The summed E-state index contributed by atoms with van der Waals surface area (Å²) >= 11 is 0. The first-order chi connectivity index (χ1) is 12.8. The number of hydrogen-bond acceptors (Lipinski definition) is 6. The molecule has 26 heavy (non-hydrogen) atoms. The molecule has 6 heteroatoms. The lowest BCUT2D eigenvalue weighted by Gasteiger charge is -2.08. The van der Waals surface area contributed by atoms with Crippen molar-refractivity contribution >= 4 is 16.9 Å². The Morgan fingerprint density at radius 3 is 2.92 bits per heavy atom. The molecular weight excluding hydrogens is 332 g/mol. The number of ether oxygens (including phenoxy) is 2. The standard InChI is InChI=1S/C20H22N2O4/c1-2-24-20(23)19-18(16-8-3-4-9-17(16)26-19)25-12-6-11-22-14-15-7-5-10-21-13-15/h3-5,7-10,13,22H,2,6,11-12,14H2,1H3. The van der Waals surface area contributed by atoms with Gasteiger partial charge in [-0.25, -0.2) is 4.79 Å². The van der Waals surface area contributed by atoms with Gasteiger partial charge < -0.3 is 19.2 Å². The quantitative estimate of drug-likeness (QED) is 0.468. The number of nitrogens with zero attached hydrogens (tertiary/aromatic N) is 1. The topological polar surface area (TPSA) is 73.6 Å². The first-order valence-corrected chi connectivity index (χ1v) is 8.70. The van der Waals surface area contributed by atoms with Crippen LogP contribution in [0.5, 0.6) is 5.75 Å². The van der Waals surface area contributed by atoms with Crippen LogP contribution in [0.15, 0.2) is 53.2 Å². The first-order valence-electron chi connectivity index (χ1n) is 8.70. The van der Waals surface area contributed by atoms with E-state index in [1.807, 2.05) is 36.5 Å². The second-order valence-electron chi connectivity index (χ2n) is 5.72. The third-order valence-electron chi connectivity index (χ3n) is 3.81. The second kappa shape index (κ2) is 9.01. The van der Waals surface area contributed by atoms with Gasteiger partial charge >= 0.3 is 5.97 Å². The van der Waals surface area contributed by atoms with Gasteiger partial charge in [-0.3, -0.25) is 4.98 Å². The molecule has 0 aliphatic rings. The average molecular weight is 354 g/mol. The molecule has 3 aromatic rings. The van der Waals surface area contributed by atoms with Crippen LogP contribution >= 0.6 is 0 Å². The molecule has 3 rings (SSSR count). The monoisotopic (exact) mass is 354 g/mol. The van der Waals surface area contributed by atoms with E-state index in [0.717, 1.165) is 30.5 Å². The molecule has 136 valence electrons. The van der Waals surface area contributed by atoms with Crippen LogP contribution in [-0.2, 0) is 11.3 Å². The fraction of sp³-hybridized carbons (Fsp3) is 0.300. The fourth-order valence-electron chi connectivity index (χ4n) is 2.60. The Labute approximate surface area is 152 Å². The molecule has 2 aromatic heterocycles. The molecule has 0 fully saturated rings. The summed E-state index contributed by atoms with van der Waals surface area (Å²) in [5.74, 6) is 0.0658. The summed E-state index contributed by atoms with van der Waals surface area (Å²) in [5.41, 5.74) is 1.75. The van der Waals surface area contributed by atoms with Gasteiger partial charge in [-0.1, -0.05) is 18.2 Å². The predicted octanol–water partition coefficient (Wildman–Crippen LogP) is 3.56. The lowest BCUT2D eigenvalue weighted by molar-refractivity contribution is 0.0486. The van der Waals surface area contributed by atoms with E-state index in [0.29, 0.717) is 17.9 Å². The molecule has 0 unspecified atom stereocenters. The van der Waals surface area contributed by atoms with Crippen LogP contribution < -0.4 is 10.1 Å². The molecule has 2 heterocycles. The Morgan fingerprint density at radius 1 is 1.23 bits per heavy atom. The molecular formula is C20H22N2O4. The molecule has 0 bridgehead atoms. The van der Waals surface area contributed by atoms with Crippen LogP contribution in [0.25, 0.3) is 11.0 Å². The molecule has 0 saturated heterocycles. The highest BCUT2D eigenvalue weighted by Gasteiger charge is 2.22. The number of carbonyl (C=O) groups excluding carboxylic acids is 1. The highest BCUT2D eigenvalue weighted by Crippen LogP contribution is 2.33. The summed E-state index contributed by atoms with van der Waals surface area (Å²) in [5, 5.41) is 4.12. The van der Waals surface area contributed by atoms with Gasteiger partial charge in [0.05, 0.1) is 18.6 Å². The van der Waals surface area contributed by atoms with Crippen LogP contribution in [0.2, 0.25) is 0 Å². The Balaban J connectivity index is 1.56. The van der Waals surface area contributed by atoms with E-state index in [-0.39, 0.29) is 12.4 Å². The summed E-state index contributed by atoms with van der Waals surface area (Å²) in [7, 11) is 0. The predicted molar refractivity (Wildman–Crippen MR) is 98.2 cm³/mol. The van der Waals surface area contributed by atoms with Crippen molar-refractivity contribution in [1.82, 2.24) is 10.3 Å². The molecule has 0 aliphatic heterocycles. The van der Waals surface area contributed by atoms with Crippen molar-refractivity contribution in [2.24, 2.45) is 0 Å². The molecule has 6 nitrogen and oxygen atoms in total. The maximum atomic E-state index is 12.1. The number of nitrogens with one attached hydrogen (secondary N) is 1. The van der Waals surface area contributed by atoms with Crippen LogP contribution in [0.1, 0.15) is 29.5 Å². The van der Waals surface area contributed by atoms with Crippen molar-refractivity contribution in [1.29, 1.82) is 0 Å². The fourth-order valence-corrected chi connectivity index (χ4v) is 2.60. The number of esters is 1. The van der Waals surface area contributed by atoms with Gasteiger partial charge in [0, 0.05) is 18.9 Å². The largest absolute Gasteiger partial charge is 0.489 e. The smallest absolute Gasteiger partial charge is 0.378 e. The molecule has 0 spiro atoms. The van der Waals surface area contributed by atoms with Crippen molar-refractivity contribution in [2.45, 2.75) is 19.9 Å². The molecule has 0 aliphatic carbocycles. The number of aromatic nitrogens is 1. The maximum Gasteiger partial charge on any atom is 0.378 e. The number of carbonyl (C=O) groups is 1. The molecule has 0 atom stereocenters. The minimum absolute atomic E-state index is 0.122. The van der Waals surface area contributed by atoms with E-state index in [4.69, 9.17) is 13.9 Å². The van der Waals surface area contributed by atoms with E-state index < -0.39 is 5.97 Å². The van der Waals surface area contributed by atoms with Crippen molar-refractivity contribution in [3.8, 4) is 5.75 Å². The molecule has 0 radical (unpaired) electrons. The summed E-state index contributed by atoms with van der Waals surface area (Å²) in [6.45, 7) is 4.06. The Hall–Kier alpha value is -2.86. The normalized spacial score (nSPS) is 10.8. The number of hydrogen-bond donors (Lipinski definition) is 1. The van der Waals surface area contributed by atoms with Crippen molar-refractivity contribution < 1.29 is 18.7 Å². The Kier molecular flexibility index (Phi) is 6.22. The zero-order valence-corrected chi connectivity index (χ0v) is 14.7. The number of rotatable bonds is 9. The minimum Gasteiger partial charge on any atom is -0.489 e. The molecule has 0 saturated carbocycles. The SMILES string of the molecule is CCOC(=O)c1oc2ccccc2c1OCCCNCc1cccnc1. The maximum absolute atomic E-state index is 12.1. The summed E-state index contributed by atoms with van der Waals surface area (Å²) in [6.07, 6.45) is 4.39. The first kappa shape index (κ1) is 17.9. The van der Waals surface area contributed by atoms with E-state index in [1.54, 1.807) is 19.2 Å². The molecule has 0 amide bonds. The average Bonchev–Trinajstić information content (AvgIpc) is 3.04. The van der Waals surface area contributed by atoms with Crippen molar-refractivity contribution in [2.75, 3.05) is 19.8 Å². The highest BCUT2D eigenvalue weighted by atomic mass is 16.6. The van der Waals surface area contributed by atoms with Crippen LogP contribution in [-0.4, -0.2) is 30.7 Å². The Morgan fingerprint density at radius 2 is 2.12 bits per heavy atom. The number of benzene rings is 1. The zero-order valence-electron chi connectivity index (χ0n) is 14.7. The Bertz CT molecular complexity index is 845. The van der Waals surface area contributed by atoms with Crippen molar-refractivity contribution in [3.05, 3.63) is 60.1 Å². The summed E-state index contributed by atoms with van der Waals surface area (Å²) in [6, 6.07) is 11.4. The number of furan rings is 1. The third kappa shape index (κ3) is 4.40. The van der Waals surface area contributed by atoms with Gasteiger partial charge in [0.15, 0.2) is 5.75 Å². The van der Waals surface area contributed by atoms with Gasteiger partial charge in [-0.15, -0.1) is 0 Å². The highest BCUT2D eigenvalue weighted by molar-refractivity contribution is 5.98.